The first-order chi connectivity index (χ1) is 29.0. The Morgan fingerprint density at radius 3 is 1.42 bits per heavy atom. The van der Waals surface area contributed by atoms with E-state index in [-0.39, 0.29) is 5.41 Å². The first-order valence-electron chi connectivity index (χ1n) is 20.8. The molecular weight excluding hydrogens is 711 g/mol. The highest BCUT2D eigenvalue weighted by molar-refractivity contribution is 6.01. The van der Waals surface area contributed by atoms with E-state index >= 15 is 0 Å². The number of nitrogens with zero attached hydrogens (tertiary/aromatic N) is 1. The quantitative estimate of drug-likeness (QED) is 0.169. The van der Waals surface area contributed by atoms with E-state index in [4.69, 9.17) is 0 Å². The molecule has 0 aliphatic heterocycles. The Morgan fingerprint density at radius 2 is 0.797 bits per heavy atom. The molecule has 1 nitrogen and oxygen atoms in total. The minimum absolute atomic E-state index is 0.160. The summed E-state index contributed by atoms with van der Waals surface area (Å²) < 4.78 is 0. The minimum Gasteiger partial charge on any atom is -0.310 e. The molecule has 9 aromatic rings. The van der Waals surface area contributed by atoms with Crippen LogP contribution in [0.2, 0.25) is 0 Å². The SMILES string of the molecule is CC1(C)c2ccccc2-c2ccc(N(c3ccc(-c4ccccc4)cc3-c3ccccc3)c3cccc4c3C3(c5ccccc5-c5ccccc53)c3ccccc3-4)cc21. The van der Waals surface area contributed by atoms with Gasteiger partial charge in [-0.1, -0.05) is 196 Å². The maximum atomic E-state index is 2.59. The molecule has 1 heteroatoms. The van der Waals surface area contributed by atoms with Gasteiger partial charge in [0.2, 0.25) is 0 Å². The average Bonchev–Trinajstić information content (AvgIpc) is 3.86. The van der Waals surface area contributed by atoms with Crippen LogP contribution in [0.1, 0.15) is 47.2 Å². The first-order valence-corrected chi connectivity index (χ1v) is 20.8. The lowest BCUT2D eigenvalue weighted by molar-refractivity contribution is 0.660. The summed E-state index contributed by atoms with van der Waals surface area (Å²) in [6.07, 6.45) is 0. The standard InChI is InChI=1S/C58H41N/c1-57(2)49-27-13-9-22-42(49)46-34-33-41(37-53(46)57)59(54-35-32-40(38-18-5-3-6-19-38)36-48(54)39-20-7-4-8-21-39)55-31-17-26-47-45-25-12-16-30-52(45)58(56(47)55)50-28-14-10-23-43(50)44-24-11-15-29-51(44)58/h3-37H,1-2H3. The highest BCUT2D eigenvalue weighted by atomic mass is 15.1. The molecule has 12 rings (SSSR count). The largest absolute Gasteiger partial charge is 0.310 e. The Hall–Kier alpha value is -7.22. The molecular formula is C58H41N. The summed E-state index contributed by atoms with van der Waals surface area (Å²) in [5, 5.41) is 0. The van der Waals surface area contributed by atoms with E-state index < -0.39 is 5.41 Å². The second kappa shape index (κ2) is 12.6. The molecule has 0 atom stereocenters. The number of anilines is 3. The normalized spacial score (nSPS) is 14.2. The fourth-order valence-electron chi connectivity index (χ4n) is 10.9. The zero-order valence-electron chi connectivity index (χ0n) is 33.2. The predicted octanol–water partition coefficient (Wildman–Crippen LogP) is 15.1. The van der Waals surface area contributed by atoms with Crippen molar-refractivity contribution in [3.8, 4) is 55.6 Å². The summed E-state index contributed by atoms with van der Waals surface area (Å²) in [6, 6.07) is 79.3. The van der Waals surface area contributed by atoms with Gasteiger partial charge < -0.3 is 4.90 Å². The number of hydrogen-bond donors (Lipinski definition) is 0. The smallest absolute Gasteiger partial charge is 0.0746 e. The molecule has 0 fully saturated rings. The minimum atomic E-state index is -0.517. The molecule has 0 heterocycles. The second-order valence-corrected chi connectivity index (χ2v) is 16.8. The molecule has 9 aromatic carbocycles. The van der Waals surface area contributed by atoms with Crippen molar-refractivity contribution >= 4 is 17.1 Å². The Labute approximate surface area is 346 Å². The summed E-state index contributed by atoms with van der Waals surface area (Å²) in [6.45, 7) is 4.77. The molecule has 0 saturated carbocycles. The molecule has 3 aliphatic rings. The van der Waals surface area contributed by atoms with Crippen LogP contribution in [0.3, 0.4) is 0 Å². The number of hydrogen-bond acceptors (Lipinski definition) is 1. The van der Waals surface area contributed by atoms with Crippen molar-refractivity contribution in [3.63, 3.8) is 0 Å². The van der Waals surface area contributed by atoms with E-state index in [2.05, 4.69) is 231 Å². The molecule has 0 unspecified atom stereocenters. The van der Waals surface area contributed by atoms with Crippen LogP contribution in [0, 0.1) is 0 Å². The molecule has 0 radical (unpaired) electrons. The van der Waals surface area contributed by atoms with Gasteiger partial charge in [0.1, 0.15) is 0 Å². The third-order valence-corrected chi connectivity index (χ3v) is 13.5. The molecule has 0 N–H and O–H groups in total. The predicted molar refractivity (Wildman–Crippen MR) is 246 cm³/mol. The molecule has 0 aromatic heterocycles. The number of benzene rings is 9. The Kier molecular flexibility index (Phi) is 7.26. The lowest BCUT2D eigenvalue weighted by Gasteiger charge is -2.37. The summed E-state index contributed by atoms with van der Waals surface area (Å²) in [5.41, 5.74) is 23.5. The van der Waals surface area contributed by atoms with Crippen LogP contribution in [0.15, 0.2) is 212 Å². The van der Waals surface area contributed by atoms with Crippen LogP contribution < -0.4 is 4.90 Å². The van der Waals surface area contributed by atoms with Crippen LogP contribution in [0.5, 0.6) is 0 Å². The number of rotatable bonds is 5. The van der Waals surface area contributed by atoms with Crippen LogP contribution in [-0.2, 0) is 10.8 Å². The van der Waals surface area contributed by atoms with Crippen molar-refractivity contribution in [2.45, 2.75) is 24.7 Å². The van der Waals surface area contributed by atoms with Gasteiger partial charge in [-0.15, -0.1) is 0 Å². The molecule has 3 aliphatic carbocycles. The lowest BCUT2D eigenvalue weighted by Crippen LogP contribution is -2.28. The third kappa shape index (κ3) is 4.67. The van der Waals surface area contributed by atoms with E-state index in [1.807, 2.05) is 0 Å². The fourth-order valence-corrected chi connectivity index (χ4v) is 10.9. The van der Waals surface area contributed by atoms with Gasteiger partial charge in [0.05, 0.1) is 16.8 Å². The molecule has 0 amide bonds. The highest BCUT2D eigenvalue weighted by Crippen LogP contribution is 2.65. The van der Waals surface area contributed by atoms with E-state index in [1.54, 1.807) is 0 Å². The Morgan fingerprint density at radius 1 is 0.305 bits per heavy atom. The maximum Gasteiger partial charge on any atom is 0.0746 e. The van der Waals surface area contributed by atoms with Gasteiger partial charge in [0.15, 0.2) is 0 Å². The molecule has 0 bridgehead atoms. The van der Waals surface area contributed by atoms with Crippen LogP contribution in [0.25, 0.3) is 55.6 Å². The van der Waals surface area contributed by atoms with E-state index in [1.165, 1.54) is 94.7 Å². The summed E-state index contributed by atoms with van der Waals surface area (Å²) in [4.78, 5) is 2.59. The average molecular weight is 752 g/mol. The molecule has 278 valence electrons. The van der Waals surface area contributed by atoms with E-state index in [9.17, 15) is 0 Å². The van der Waals surface area contributed by atoms with Crippen molar-refractivity contribution in [3.05, 3.63) is 246 Å². The van der Waals surface area contributed by atoms with Crippen molar-refractivity contribution < 1.29 is 0 Å². The fraction of sp³-hybridized carbons (Fsp3) is 0.0690. The molecule has 0 saturated heterocycles. The Balaban J connectivity index is 1.20. The molecule has 1 spiro atoms. The van der Waals surface area contributed by atoms with Gasteiger partial charge in [0, 0.05) is 22.2 Å². The highest BCUT2D eigenvalue weighted by Gasteiger charge is 2.53. The van der Waals surface area contributed by atoms with Crippen LogP contribution in [0.4, 0.5) is 17.1 Å². The van der Waals surface area contributed by atoms with Gasteiger partial charge in [-0.3, -0.25) is 0 Å². The summed E-state index contributed by atoms with van der Waals surface area (Å²) in [5.74, 6) is 0. The van der Waals surface area contributed by atoms with Gasteiger partial charge in [-0.25, -0.2) is 0 Å². The van der Waals surface area contributed by atoms with E-state index in [0.29, 0.717) is 0 Å². The second-order valence-electron chi connectivity index (χ2n) is 16.8. The molecule has 59 heavy (non-hydrogen) atoms. The monoisotopic (exact) mass is 751 g/mol. The zero-order chi connectivity index (χ0) is 39.3. The van der Waals surface area contributed by atoms with Crippen molar-refractivity contribution in [2.75, 3.05) is 4.90 Å². The van der Waals surface area contributed by atoms with Crippen molar-refractivity contribution in [1.82, 2.24) is 0 Å². The maximum absolute atomic E-state index is 2.59. The van der Waals surface area contributed by atoms with Crippen LogP contribution in [-0.4, -0.2) is 0 Å². The lowest BCUT2D eigenvalue weighted by atomic mass is 9.70. The topological polar surface area (TPSA) is 3.24 Å². The van der Waals surface area contributed by atoms with Gasteiger partial charge >= 0.3 is 0 Å². The van der Waals surface area contributed by atoms with Gasteiger partial charge in [-0.05, 0) is 108 Å². The zero-order valence-corrected chi connectivity index (χ0v) is 33.2. The first kappa shape index (κ1) is 33.9. The third-order valence-electron chi connectivity index (χ3n) is 13.5. The van der Waals surface area contributed by atoms with Crippen LogP contribution >= 0.6 is 0 Å². The van der Waals surface area contributed by atoms with Crippen molar-refractivity contribution in [2.24, 2.45) is 0 Å². The van der Waals surface area contributed by atoms with Crippen molar-refractivity contribution in [1.29, 1.82) is 0 Å². The summed E-state index contributed by atoms with van der Waals surface area (Å²) >= 11 is 0. The summed E-state index contributed by atoms with van der Waals surface area (Å²) in [7, 11) is 0. The number of fused-ring (bicyclic) bond motifs is 13. The Bertz CT molecular complexity index is 3070. The van der Waals surface area contributed by atoms with E-state index in [0.717, 1.165) is 11.4 Å². The van der Waals surface area contributed by atoms with Gasteiger partial charge in [-0.2, -0.15) is 0 Å². The van der Waals surface area contributed by atoms with Gasteiger partial charge in [0.25, 0.3) is 0 Å².